The van der Waals surface area contributed by atoms with E-state index in [0.717, 1.165) is 5.76 Å². The van der Waals surface area contributed by atoms with Gasteiger partial charge in [-0.1, -0.05) is 0 Å². The van der Waals surface area contributed by atoms with Crippen LogP contribution in [-0.2, 0) is 16.6 Å². The third-order valence-electron chi connectivity index (χ3n) is 3.37. The lowest BCUT2D eigenvalue weighted by Gasteiger charge is -2.09. The van der Waals surface area contributed by atoms with E-state index < -0.39 is 10.0 Å². The van der Waals surface area contributed by atoms with Crippen molar-refractivity contribution in [3.8, 4) is 0 Å². The van der Waals surface area contributed by atoms with Gasteiger partial charge in [0.1, 0.15) is 16.5 Å². The quantitative estimate of drug-likeness (QED) is 0.631. The molecular weight excluding hydrogens is 330 g/mol. The van der Waals surface area contributed by atoms with Crippen LogP contribution in [0, 0.1) is 13.8 Å². The van der Waals surface area contributed by atoms with E-state index in [-0.39, 0.29) is 4.90 Å². The van der Waals surface area contributed by atoms with Crippen LogP contribution in [0.15, 0.2) is 46.0 Å². The molecule has 3 aromatic rings. The fourth-order valence-electron chi connectivity index (χ4n) is 2.29. The van der Waals surface area contributed by atoms with Gasteiger partial charge in [0.2, 0.25) is 0 Å². The zero-order valence-corrected chi connectivity index (χ0v) is 14.0. The van der Waals surface area contributed by atoms with Crippen LogP contribution >= 0.6 is 0 Å². The van der Waals surface area contributed by atoms with Gasteiger partial charge in [-0.2, -0.15) is 5.10 Å². The Balaban J connectivity index is 1.70. The van der Waals surface area contributed by atoms with Crippen LogP contribution in [0.2, 0.25) is 0 Å². The van der Waals surface area contributed by atoms with Gasteiger partial charge in [0.25, 0.3) is 10.0 Å². The number of furan rings is 1. The lowest BCUT2D eigenvalue weighted by molar-refractivity contribution is 0.518. The van der Waals surface area contributed by atoms with Crippen molar-refractivity contribution < 1.29 is 12.8 Å². The molecule has 0 spiro atoms. The molecule has 3 heterocycles. The molecule has 0 amide bonds. The summed E-state index contributed by atoms with van der Waals surface area (Å²) in [5, 5.41) is 9.66. The summed E-state index contributed by atoms with van der Waals surface area (Å²) in [5.41, 5.74) is 1.29. The number of aryl methyl sites for hydroxylation is 2. The molecule has 0 unspecified atom stereocenters. The second kappa shape index (κ2) is 6.36. The molecule has 0 aromatic carbocycles. The molecule has 0 bridgehead atoms. The summed E-state index contributed by atoms with van der Waals surface area (Å²) < 4.78 is 32.6. The molecule has 3 N–H and O–H groups in total. The predicted molar refractivity (Wildman–Crippen MR) is 89.1 cm³/mol. The monoisotopic (exact) mass is 347 g/mol. The van der Waals surface area contributed by atoms with Gasteiger partial charge in [0.05, 0.1) is 36.1 Å². The summed E-state index contributed by atoms with van der Waals surface area (Å²) in [6, 6.07) is 6.99. The maximum Gasteiger partial charge on any atom is 0.265 e. The molecule has 0 aliphatic carbocycles. The smallest absolute Gasteiger partial charge is 0.265 e. The fraction of sp³-hybridized carbons (Fsp3) is 0.200. The molecule has 126 valence electrons. The Kier molecular flexibility index (Phi) is 4.26. The van der Waals surface area contributed by atoms with Crippen molar-refractivity contribution in [3.05, 3.63) is 53.9 Å². The zero-order chi connectivity index (χ0) is 17.2. The van der Waals surface area contributed by atoms with Gasteiger partial charge in [0, 0.05) is 0 Å². The van der Waals surface area contributed by atoms with Crippen LogP contribution < -0.4 is 10.0 Å². The first kappa shape index (κ1) is 16.1. The highest BCUT2D eigenvalue weighted by atomic mass is 32.2. The van der Waals surface area contributed by atoms with E-state index in [1.807, 2.05) is 12.1 Å². The van der Waals surface area contributed by atoms with Crippen molar-refractivity contribution in [2.24, 2.45) is 0 Å². The first-order chi connectivity index (χ1) is 11.5. The van der Waals surface area contributed by atoms with Crippen molar-refractivity contribution in [2.45, 2.75) is 25.3 Å². The number of aromatic amines is 1. The van der Waals surface area contributed by atoms with Gasteiger partial charge < -0.3 is 9.73 Å². The number of pyridine rings is 1. The number of nitrogens with one attached hydrogen (secondary N) is 3. The van der Waals surface area contributed by atoms with Gasteiger partial charge in [-0.05, 0) is 38.1 Å². The van der Waals surface area contributed by atoms with Gasteiger partial charge in [-0.3, -0.25) is 9.82 Å². The van der Waals surface area contributed by atoms with E-state index in [1.54, 1.807) is 32.2 Å². The SMILES string of the molecule is Cc1n[nH]c(C)c1S(=O)(=O)Nc1ccc(NCc2ccco2)nc1. The number of H-pyrrole nitrogens is 1. The summed E-state index contributed by atoms with van der Waals surface area (Å²) >= 11 is 0. The molecule has 0 aliphatic rings. The largest absolute Gasteiger partial charge is 0.467 e. The minimum absolute atomic E-state index is 0.155. The molecule has 8 nitrogen and oxygen atoms in total. The highest BCUT2D eigenvalue weighted by Crippen LogP contribution is 2.21. The van der Waals surface area contributed by atoms with E-state index in [2.05, 4.69) is 25.2 Å². The predicted octanol–water partition coefficient (Wildman–Crippen LogP) is 2.43. The third kappa shape index (κ3) is 3.40. The number of hydrogen-bond donors (Lipinski definition) is 3. The van der Waals surface area contributed by atoms with Crippen LogP contribution in [0.4, 0.5) is 11.5 Å². The maximum absolute atomic E-state index is 12.4. The standard InChI is InChI=1S/C15H17N5O3S/c1-10-15(11(2)19-18-10)24(21,22)20-12-5-6-14(16-8-12)17-9-13-4-3-7-23-13/h3-8,20H,9H2,1-2H3,(H,16,17)(H,18,19). The van der Waals surface area contributed by atoms with Gasteiger partial charge in [-0.25, -0.2) is 13.4 Å². The molecule has 0 saturated carbocycles. The van der Waals surface area contributed by atoms with Gasteiger partial charge in [0.15, 0.2) is 0 Å². The molecule has 0 saturated heterocycles. The van der Waals surface area contributed by atoms with Crippen LogP contribution in [0.3, 0.4) is 0 Å². The molecule has 3 aromatic heterocycles. The summed E-state index contributed by atoms with van der Waals surface area (Å²) in [5.74, 6) is 1.40. The zero-order valence-electron chi connectivity index (χ0n) is 13.2. The van der Waals surface area contributed by atoms with E-state index in [9.17, 15) is 8.42 Å². The maximum atomic E-state index is 12.4. The Morgan fingerprint density at radius 2 is 2.08 bits per heavy atom. The molecule has 0 radical (unpaired) electrons. The van der Waals surface area contributed by atoms with Gasteiger partial charge >= 0.3 is 0 Å². The molecule has 0 fully saturated rings. The Morgan fingerprint density at radius 1 is 1.25 bits per heavy atom. The number of anilines is 2. The highest BCUT2D eigenvalue weighted by molar-refractivity contribution is 7.92. The second-order valence-corrected chi connectivity index (χ2v) is 6.85. The molecule has 0 atom stereocenters. The van der Waals surface area contributed by atoms with Crippen molar-refractivity contribution in [2.75, 3.05) is 10.0 Å². The fourth-order valence-corrected chi connectivity index (χ4v) is 3.71. The normalized spacial score (nSPS) is 11.4. The van der Waals surface area contributed by atoms with Crippen molar-refractivity contribution in [1.82, 2.24) is 15.2 Å². The van der Waals surface area contributed by atoms with Crippen LogP contribution in [0.1, 0.15) is 17.1 Å². The number of hydrogen-bond acceptors (Lipinski definition) is 6. The first-order valence-corrected chi connectivity index (χ1v) is 8.71. The number of aromatic nitrogens is 3. The lowest BCUT2D eigenvalue weighted by Crippen LogP contribution is -2.14. The molecule has 9 heteroatoms. The summed E-state index contributed by atoms with van der Waals surface area (Å²) in [7, 11) is -3.71. The van der Waals surface area contributed by atoms with Crippen molar-refractivity contribution in [1.29, 1.82) is 0 Å². The average molecular weight is 347 g/mol. The Bertz CT molecular complexity index is 895. The molecule has 24 heavy (non-hydrogen) atoms. The number of sulfonamides is 1. The van der Waals surface area contributed by atoms with Gasteiger partial charge in [-0.15, -0.1) is 0 Å². The topological polar surface area (TPSA) is 113 Å². The van der Waals surface area contributed by atoms with Crippen molar-refractivity contribution >= 4 is 21.5 Å². The molecular formula is C15H17N5O3S. The Hall–Kier alpha value is -2.81. The van der Waals surface area contributed by atoms with E-state index in [0.29, 0.717) is 29.4 Å². The number of nitrogens with zero attached hydrogens (tertiary/aromatic N) is 2. The van der Waals surface area contributed by atoms with E-state index in [1.165, 1.54) is 6.20 Å². The van der Waals surface area contributed by atoms with Crippen LogP contribution in [0.25, 0.3) is 0 Å². The highest BCUT2D eigenvalue weighted by Gasteiger charge is 2.22. The molecule has 3 rings (SSSR count). The third-order valence-corrected chi connectivity index (χ3v) is 5.01. The minimum atomic E-state index is -3.71. The van der Waals surface area contributed by atoms with E-state index in [4.69, 9.17) is 4.42 Å². The van der Waals surface area contributed by atoms with Crippen molar-refractivity contribution in [3.63, 3.8) is 0 Å². The van der Waals surface area contributed by atoms with E-state index >= 15 is 0 Å². The molecule has 0 aliphatic heterocycles. The summed E-state index contributed by atoms with van der Waals surface area (Å²) in [6.45, 7) is 3.80. The minimum Gasteiger partial charge on any atom is -0.467 e. The lowest BCUT2D eigenvalue weighted by atomic mass is 10.4. The average Bonchev–Trinajstić information content (AvgIpc) is 3.16. The first-order valence-electron chi connectivity index (χ1n) is 7.22. The Morgan fingerprint density at radius 3 is 2.67 bits per heavy atom. The number of rotatable bonds is 6. The van der Waals surface area contributed by atoms with Crippen LogP contribution in [0.5, 0.6) is 0 Å². The Labute approximate surface area is 139 Å². The summed E-state index contributed by atoms with van der Waals surface area (Å²) in [6.07, 6.45) is 3.05. The second-order valence-electron chi connectivity index (χ2n) is 5.23. The summed E-state index contributed by atoms with van der Waals surface area (Å²) in [4.78, 5) is 4.34. The van der Waals surface area contributed by atoms with Crippen LogP contribution in [-0.4, -0.2) is 23.6 Å².